The summed E-state index contributed by atoms with van der Waals surface area (Å²) in [7, 11) is 0. The molecule has 72 heavy (non-hydrogen) atoms. The number of rotatable bonds is 6. The van der Waals surface area contributed by atoms with Gasteiger partial charge in [0.2, 0.25) is 0 Å². The van der Waals surface area contributed by atoms with E-state index in [2.05, 4.69) is 282 Å². The standard InChI is InChI=1S/C70H56N2/c1-67(2)57-27-15-13-25-51(57)53-37-33-48(42-64(53)67)71(45-21-9-7-10-22-45)47-36-40-59-56(41-47)55-39-35-50(44-66(55)70(59)62-31-19-17-29-60(62)69(5,6)61-30-18-20-32-63(61)70)72(46-23-11-8-12-24-46)49-34-38-54-52-26-14-16-28-58(52)68(3,4)65(54)43-49/h7-44H,1-6H3. The van der Waals surface area contributed by atoms with Gasteiger partial charge in [-0.25, -0.2) is 0 Å². The largest absolute Gasteiger partial charge is 0.310 e. The van der Waals surface area contributed by atoms with Crippen molar-refractivity contribution in [3.05, 3.63) is 286 Å². The van der Waals surface area contributed by atoms with Gasteiger partial charge in [-0.15, -0.1) is 0 Å². The Morgan fingerprint density at radius 1 is 0.208 bits per heavy atom. The molecule has 0 heterocycles. The molecule has 0 saturated carbocycles. The van der Waals surface area contributed by atoms with E-state index in [1.54, 1.807) is 0 Å². The number of para-hydroxylation sites is 2. The summed E-state index contributed by atoms with van der Waals surface area (Å²) in [6.45, 7) is 14.3. The van der Waals surface area contributed by atoms with Crippen molar-refractivity contribution in [1.82, 2.24) is 0 Å². The van der Waals surface area contributed by atoms with Crippen molar-refractivity contribution in [2.24, 2.45) is 0 Å². The molecular weight excluding hydrogens is 869 g/mol. The van der Waals surface area contributed by atoms with Crippen LogP contribution in [0.4, 0.5) is 34.1 Å². The molecule has 346 valence electrons. The minimum atomic E-state index is -0.590. The van der Waals surface area contributed by atoms with Gasteiger partial charge in [-0.05, 0) is 162 Å². The highest BCUT2D eigenvalue weighted by Crippen LogP contribution is 2.64. The second-order valence-corrected chi connectivity index (χ2v) is 22.1. The zero-order valence-corrected chi connectivity index (χ0v) is 41.8. The molecule has 0 unspecified atom stereocenters. The van der Waals surface area contributed by atoms with Crippen LogP contribution in [0.15, 0.2) is 231 Å². The minimum Gasteiger partial charge on any atom is -0.310 e. The van der Waals surface area contributed by atoms with Gasteiger partial charge >= 0.3 is 0 Å². The van der Waals surface area contributed by atoms with Crippen LogP contribution in [-0.4, -0.2) is 0 Å². The summed E-state index contributed by atoms with van der Waals surface area (Å²) < 4.78 is 0. The summed E-state index contributed by atoms with van der Waals surface area (Å²) in [5, 5.41) is 0. The Balaban J connectivity index is 1.01. The molecule has 2 heteroatoms. The lowest BCUT2D eigenvalue weighted by Crippen LogP contribution is -2.40. The van der Waals surface area contributed by atoms with E-state index >= 15 is 0 Å². The van der Waals surface area contributed by atoms with Gasteiger partial charge in [-0.1, -0.05) is 199 Å². The normalized spacial score (nSPS) is 15.8. The lowest BCUT2D eigenvalue weighted by Gasteiger charge is -2.46. The molecule has 0 saturated heterocycles. The Bertz CT molecular complexity index is 3810. The first-order valence-corrected chi connectivity index (χ1v) is 25.7. The fourth-order valence-corrected chi connectivity index (χ4v) is 13.9. The van der Waals surface area contributed by atoms with E-state index in [4.69, 9.17) is 0 Å². The Kier molecular flexibility index (Phi) is 8.98. The molecular formula is C70H56N2. The van der Waals surface area contributed by atoms with E-state index in [1.165, 1.54) is 89.0 Å². The number of fused-ring (bicyclic) bond motifs is 15. The summed E-state index contributed by atoms with van der Waals surface area (Å²) >= 11 is 0. The number of hydrogen-bond donors (Lipinski definition) is 0. The molecule has 4 aliphatic rings. The average Bonchev–Trinajstić information content (AvgIpc) is 3.92. The quantitative estimate of drug-likeness (QED) is 0.164. The Morgan fingerprint density at radius 2 is 0.528 bits per heavy atom. The lowest BCUT2D eigenvalue weighted by atomic mass is 9.55. The van der Waals surface area contributed by atoms with Gasteiger partial charge in [0.25, 0.3) is 0 Å². The summed E-state index contributed by atoms with van der Waals surface area (Å²) in [5.41, 5.74) is 27.1. The van der Waals surface area contributed by atoms with Crippen molar-refractivity contribution in [3.63, 3.8) is 0 Å². The highest BCUT2D eigenvalue weighted by atomic mass is 15.1. The van der Waals surface area contributed by atoms with Crippen LogP contribution in [0.1, 0.15) is 97.2 Å². The van der Waals surface area contributed by atoms with E-state index < -0.39 is 5.41 Å². The first kappa shape index (κ1) is 42.7. The summed E-state index contributed by atoms with van der Waals surface area (Å²) in [6.07, 6.45) is 0. The first-order chi connectivity index (χ1) is 35.0. The monoisotopic (exact) mass is 924 g/mol. The van der Waals surface area contributed by atoms with Gasteiger partial charge < -0.3 is 9.80 Å². The van der Waals surface area contributed by atoms with Gasteiger partial charge in [-0.2, -0.15) is 0 Å². The second-order valence-electron chi connectivity index (χ2n) is 22.1. The predicted molar refractivity (Wildman–Crippen MR) is 300 cm³/mol. The number of benzene rings is 10. The van der Waals surface area contributed by atoms with Crippen LogP contribution in [-0.2, 0) is 21.7 Å². The molecule has 0 bridgehead atoms. The van der Waals surface area contributed by atoms with Gasteiger partial charge in [0.05, 0.1) is 5.41 Å². The summed E-state index contributed by atoms with van der Waals surface area (Å²) in [5.74, 6) is 0. The van der Waals surface area contributed by atoms with Crippen LogP contribution in [0.5, 0.6) is 0 Å². The van der Waals surface area contributed by atoms with Crippen molar-refractivity contribution in [2.75, 3.05) is 9.80 Å². The van der Waals surface area contributed by atoms with Gasteiger partial charge in [-0.3, -0.25) is 0 Å². The molecule has 4 aliphatic carbocycles. The molecule has 0 aliphatic heterocycles. The third kappa shape index (κ3) is 5.72. The zero-order valence-electron chi connectivity index (χ0n) is 41.8. The van der Waals surface area contributed by atoms with E-state index in [1.807, 2.05) is 0 Å². The smallest absolute Gasteiger partial charge is 0.0720 e. The molecule has 2 nitrogen and oxygen atoms in total. The molecule has 0 N–H and O–H groups in total. The fourth-order valence-electron chi connectivity index (χ4n) is 13.9. The maximum atomic E-state index is 2.54. The van der Waals surface area contributed by atoms with Crippen molar-refractivity contribution in [1.29, 1.82) is 0 Å². The van der Waals surface area contributed by atoms with E-state index in [0.29, 0.717) is 0 Å². The third-order valence-electron chi connectivity index (χ3n) is 17.3. The molecule has 10 aromatic rings. The van der Waals surface area contributed by atoms with Crippen molar-refractivity contribution in [3.8, 4) is 33.4 Å². The molecule has 0 fully saturated rings. The van der Waals surface area contributed by atoms with Gasteiger partial charge in [0, 0.05) is 50.4 Å². The molecule has 1 spiro atoms. The third-order valence-corrected chi connectivity index (χ3v) is 17.3. The van der Waals surface area contributed by atoms with Crippen molar-refractivity contribution < 1.29 is 0 Å². The van der Waals surface area contributed by atoms with Crippen LogP contribution in [0.25, 0.3) is 33.4 Å². The highest BCUT2D eigenvalue weighted by molar-refractivity contribution is 5.95. The van der Waals surface area contributed by atoms with Crippen LogP contribution in [0, 0.1) is 0 Å². The number of nitrogens with zero attached hydrogens (tertiary/aromatic N) is 2. The van der Waals surface area contributed by atoms with Crippen LogP contribution < -0.4 is 9.80 Å². The van der Waals surface area contributed by atoms with Crippen molar-refractivity contribution >= 4 is 34.1 Å². The maximum absolute atomic E-state index is 2.54. The average molecular weight is 925 g/mol. The van der Waals surface area contributed by atoms with Gasteiger partial charge in [0.15, 0.2) is 0 Å². The highest BCUT2D eigenvalue weighted by Gasteiger charge is 2.54. The molecule has 10 aromatic carbocycles. The molecule has 0 radical (unpaired) electrons. The molecule has 0 amide bonds. The zero-order chi connectivity index (χ0) is 48.7. The maximum Gasteiger partial charge on any atom is 0.0720 e. The molecule has 14 rings (SSSR count). The fraction of sp³-hybridized carbons (Fsp3) is 0.143. The molecule has 0 atom stereocenters. The Hall–Kier alpha value is -8.20. The minimum absolute atomic E-state index is 0.130. The summed E-state index contributed by atoms with van der Waals surface area (Å²) in [4.78, 5) is 4.95. The van der Waals surface area contributed by atoms with Crippen LogP contribution in [0.2, 0.25) is 0 Å². The Morgan fingerprint density at radius 3 is 0.986 bits per heavy atom. The Labute approximate surface area is 424 Å². The number of hydrogen-bond acceptors (Lipinski definition) is 2. The SMILES string of the molecule is CC1(C)c2ccccc2-c2ccc(N(c3ccccc3)c3ccc4c(c3)-c3ccc(N(c5ccccc5)c5ccc6c(c5)C(C)(C)c5ccccc5-6)cc3C43c4ccccc4C(C)(C)c4ccccc43)cc21. The second kappa shape index (κ2) is 15.2. The van der Waals surface area contributed by atoms with E-state index in [0.717, 1.165) is 34.1 Å². The first-order valence-electron chi connectivity index (χ1n) is 25.7. The van der Waals surface area contributed by atoms with Gasteiger partial charge in [0.1, 0.15) is 0 Å². The van der Waals surface area contributed by atoms with Crippen LogP contribution >= 0.6 is 0 Å². The van der Waals surface area contributed by atoms with Crippen molar-refractivity contribution in [2.45, 2.75) is 63.2 Å². The topological polar surface area (TPSA) is 6.48 Å². The lowest BCUT2D eigenvalue weighted by molar-refractivity contribution is 0.563. The van der Waals surface area contributed by atoms with Crippen LogP contribution in [0.3, 0.4) is 0 Å². The summed E-state index contributed by atoms with van der Waals surface area (Å²) in [6, 6.07) is 87.3. The predicted octanol–water partition coefficient (Wildman–Crippen LogP) is 18.2. The van der Waals surface area contributed by atoms with E-state index in [-0.39, 0.29) is 16.2 Å². The number of anilines is 6. The van der Waals surface area contributed by atoms with E-state index in [9.17, 15) is 0 Å². The molecule has 0 aromatic heterocycles.